The van der Waals surface area contributed by atoms with Crippen molar-refractivity contribution in [1.29, 1.82) is 0 Å². The van der Waals surface area contributed by atoms with E-state index >= 15 is 0 Å². The molecule has 0 atom stereocenters. The number of rotatable bonds is 0. The zero-order valence-electron chi connectivity index (χ0n) is 4.06. The molecular weight excluding hydrogens is 131 g/mol. The van der Waals surface area contributed by atoms with E-state index in [-0.39, 0.29) is 19.5 Å². The number of hydrogen-bond acceptors (Lipinski definition) is 2. The van der Waals surface area contributed by atoms with E-state index in [1.165, 1.54) is 0 Å². The average Bonchev–Trinajstić information content (AvgIpc) is 1.77. The molecule has 1 rings (SSSR count). The van der Waals surface area contributed by atoms with E-state index in [0.717, 1.165) is 4.42 Å². The van der Waals surface area contributed by atoms with Crippen molar-refractivity contribution in [1.82, 2.24) is 9.74 Å². The molecule has 8 heavy (non-hydrogen) atoms. The molecule has 0 aromatic carbocycles. The van der Waals surface area contributed by atoms with Gasteiger partial charge in [0.25, 0.3) is 0 Å². The summed E-state index contributed by atoms with van der Waals surface area (Å²) in [5.41, 5.74) is 0. The van der Waals surface area contributed by atoms with Crippen molar-refractivity contribution in [2.45, 2.75) is 0 Å². The van der Waals surface area contributed by atoms with Gasteiger partial charge in [-0.05, 0) is 0 Å². The molecule has 0 saturated carbocycles. The molecule has 1 N–H and O–H groups in total. The second kappa shape index (κ2) is 2.19. The average molecular weight is 137 g/mol. The quantitative estimate of drug-likeness (QED) is 0.480. The number of ether oxygens (including phenoxy) is 1. The van der Waals surface area contributed by atoms with Crippen LogP contribution in [-0.2, 0) is 4.74 Å². The number of carbonyl (C=O) groups is 1. The highest BCUT2D eigenvalue weighted by Gasteiger charge is 2.13. The van der Waals surface area contributed by atoms with Crippen LogP contribution in [0, 0.1) is 0 Å². The van der Waals surface area contributed by atoms with Crippen LogP contribution in [0.5, 0.6) is 0 Å². The first kappa shape index (κ1) is 5.65. The van der Waals surface area contributed by atoms with E-state index in [4.69, 9.17) is 16.5 Å². The van der Waals surface area contributed by atoms with Crippen LogP contribution < -0.4 is 5.32 Å². The van der Waals surface area contributed by atoms with Gasteiger partial charge in [-0.25, -0.2) is 9.21 Å². The molecule has 1 saturated heterocycles. The van der Waals surface area contributed by atoms with Gasteiger partial charge in [-0.3, -0.25) is 0 Å². The van der Waals surface area contributed by atoms with Crippen molar-refractivity contribution >= 4 is 17.8 Å². The zero-order chi connectivity index (χ0) is 5.98. The zero-order valence-corrected chi connectivity index (χ0v) is 4.81. The number of carbonyl (C=O) groups excluding carboxylic acids is 1. The second-order valence-corrected chi connectivity index (χ2v) is 1.73. The molecular formula is C3H5ClN2O2. The standard InChI is InChI=1S/C3H5ClN2O2/c4-6-2-8-1-5-3(6)7/h1-2H2,(H,5,7). The van der Waals surface area contributed by atoms with E-state index in [0.29, 0.717) is 0 Å². The molecule has 2 amide bonds. The summed E-state index contributed by atoms with van der Waals surface area (Å²) in [6.07, 6.45) is 0. The summed E-state index contributed by atoms with van der Waals surface area (Å²) < 4.78 is 5.65. The fraction of sp³-hybridized carbons (Fsp3) is 0.667. The summed E-state index contributed by atoms with van der Waals surface area (Å²) in [6.45, 7) is 0.412. The third kappa shape index (κ3) is 1.02. The van der Waals surface area contributed by atoms with E-state index in [1.807, 2.05) is 0 Å². The van der Waals surface area contributed by atoms with Gasteiger partial charge in [0, 0.05) is 11.8 Å². The van der Waals surface area contributed by atoms with Crippen molar-refractivity contribution in [3.05, 3.63) is 0 Å². The second-order valence-electron chi connectivity index (χ2n) is 1.32. The molecule has 46 valence electrons. The predicted molar refractivity (Wildman–Crippen MR) is 27.0 cm³/mol. The molecule has 4 nitrogen and oxygen atoms in total. The van der Waals surface area contributed by atoms with E-state index in [2.05, 4.69) is 5.32 Å². The lowest BCUT2D eigenvalue weighted by Crippen LogP contribution is -2.42. The molecule has 0 unspecified atom stereocenters. The number of urea groups is 1. The smallest absolute Gasteiger partial charge is 0.335 e. The highest BCUT2D eigenvalue weighted by molar-refractivity contribution is 6.20. The van der Waals surface area contributed by atoms with Gasteiger partial charge in [-0.15, -0.1) is 0 Å². The maximum atomic E-state index is 10.4. The first-order valence-corrected chi connectivity index (χ1v) is 2.43. The molecule has 1 aliphatic heterocycles. The fourth-order valence-corrected chi connectivity index (χ4v) is 0.512. The summed E-state index contributed by atoms with van der Waals surface area (Å²) in [6, 6.07) is -0.307. The normalized spacial score (nSPS) is 20.6. The van der Waals surface area contributed by atoms with Gasteiger partial charge in [-0.2, -0.15) is 0 Å². The lowest BCUT2D eigenvalue weighted by atomic mass is 10.8. The molecule has 0 aromatic rings. The Hall–Kier alpha value is -0.480. The lowest BCUT2D eigenvalue weighted by Gasteiger charge is -2.19. The molecule has 5 heteroatoms. The Kier molecular flexibility index (Phi) is 1.55. The van der Waals surface area contributed by atoms with Crippen LogP contribution >= 0.6 is 11.8 Å². The van der Waals surface area contributed by atoms with Crippen molar-refractivity contribution in [2.75, 3.05) is 13.5 Å². The Morgan fingerprint density at radius 2 is 2.62 bits per heavy atom. The predicted octanol–water partition coefficient (Wildman–Crippen LogP) is 0.0970. The SMILES string of the molecule is O=C1NCOCN1Cl. The van der Waals surface area contributed by atoms with Gasteiger partial charge in [-0.1, -0.05) is 0 Å². The maximum Gasteiger partial charge on any atom is 0.335 e. The third-order valence-electron chi connectivity index (χ3n) is 0.750. The van der Waals surface area contributed by atoms with Crippen LogP contribution in [0.25, 0.3) is 0 Å². The highest BCUT2D eigenvalue weighted by atomic mass is 35.5. The molecule has 0 aromatic heterocycles. The van der Waals surface area contributed by atoms with Crippen LogP contribution in [0.1, 0.15) is 0 Å². The van der Waals surface area contributed by atoms with Crippen LogP contribution in [-0.4, -0.2) is 23.9 Å². The number of nitrogens with zero attached hydrogens (tertiary/aromatic N) is 1. The Labute approximate surface area is 51.5 Å². The van der Waals surface area contributed by atoms with Crippen molar-refractivity contribution in [3.8, 4) is 0 Å². The molecule has 0 spiro atoms. The minimum Gasteiger partial charge on any atom is -0.339 e. The monoisotopic (exact) mass is 136 g/mol. The summed E-state index contributed by atoms with van der Waals surface area (Å²) in [5.74, 6) is 0. The van der Waals surface area contributed by atoms with E-state index in [1.54, 1.807) is 0 Å². The Balaban J connectivity index is 2.39. The molecule has 1 heterocycles. The molecule has 1 aliphatic rings. The number of amides is 2. The molecule has 0 radical (unpaired) electrons. The Morgan fingerprint density at radius 1 is 1.88 bits per heavy atom. The fourth-order valence-electron chi connectivity index (χ4n) is 0.383. The lowest BCUT2D eigenvalue weighted by molar-refractivity contribution is 0.0443. The summed E-state index contributed by atoms with van der Waals surface area (Å²) >= 11 is 5.26. The Morgan fingerprint density at radius 3 is 3.00 bits per heavy atom. The first-order chi connectivity index (χ1) is 3.80. The van der Waals surface area contributed by atoms with Gasteiger partial charge in [0.1, 0.15) is 13.5 Å². The third-order valence-corrected chi connectivity index (χ3v) is 1.00. The minimum atomic E-state index is -0.307. The highest BCUT2D eigenvalue weighted by Crippen LogP contribution is 1.97. The van der Waals surface area contributed by atoms with Crippen molar-refractivity contribution in [3.63, 3.8) is 0 Å². The molecule has 0 bridgehead atoms. The molecule has 0 aliphatic carbocycles. The van der Waals surface area contributed by atoms with E-state index in [9.17, 15) is 4.79 Å². The first-order valence-electron chi connectivity index (χ1n) is 2.09. The topological polar surface area (TPSA) is 41.6 Å². The van der Waals surface area contributed by atoms with Crippen LogP contribution in [0.3, 0.4) is 0 Å². The van der Waals surface area contributed by atoms with Gasteiger partial charge < -0.3 is 10.1 Å². The Bertz CT molecular complexity index is 107. The molecule has 1 fully saturated rings. The van der Waals surface area contributed by atoms with Crippen molar-refractivity contribution in [2.24, 2.45) is 0 Å². The number of hydrogen-bond donors (Lipinski definition) is 1. The van der Waals surface area contributed by atoms with Gasteiger partial charge in [0.05, 0.1) is 0 Å². The van der Waals surface area contributed by atoms with Crippen molar-refractivity contribution < 1.29 is 9.53 Å². The number of halogens is 1. The van der Waals surface area contributed by atoms with Crippen LogP contribution in [0.4, 0.5) is 4.79 Å². The number of nitrogens with one attached hydrogen (secondary N) is 1. The van der Waals surface area contributed by atoms with E-state index < -0.39 is 0 Å². The van der Waals surface area contributed by atoms with Crippen LogP contribution in [0.15, 0.2) is 0 Å². The van der Waals surface area contributed by atoms with Gasteiger partial charge >= 0.3 is 6.03 Å². The summed E-state index contributed by atoms with van der Waals surface area (Å²) in [4.78, 5) is 10.4. The summed E-state index contributed by atoms with van der Waals surface area (Å²) in [5, 5.41) is 2.36. The van der Waals surface area contributed by atoms with Crippen LogP contribution in [0.2, 0.25) is 0 Å². The minimum absolute atomic E-state index is 0.160. The maximum absolute atomic E-state index is 10.4. The largest absolute Gasteiger partial charge is 0.339 e. The van der Waals surface area contributed by atoms with Gasteiger partial charge in [0.15, 0.2) is 0 Å². The van der Waals surface area contributed by atoms with Gasteiger partial charge in [0.2, 0.25) is 0 Å². The summed E-state index contributed by atoms with van der Waals surface area (Å²) in [7, 11) is 0.